The lowest BCUT2D eigenvalue weighted by molar-refractivity contribution is -0.118. The van der Waals surface area contributed by atoms with Gasteiger partial charge in [0.05, 0.1) is 10.6 Å². The Morgan fingerprint density at radius 3 is 2.71 bits per heavy atom. The lowest BCUT2D eigenvalue weighted by Crippen LogP contribution is -2.28. The van der Waals surface area contributed by atoms with E-state index in [2.05, 4.69) is 15.4 Å². The van der Waals surface area contributed by atoms with E-state index in [0.717, 1.165) is 5.56 Å². The molecule has 0 aliphatic carbocycles. The molecule has 0 radical (unpaired) electrons. The number of sulfonamides is 1. The molecule has 1 aliphatic heterocycles. The van der Waals surface area contributed by atoms with E-state index in [1.807, 2.05) is 6.92 Å². The van der Waals surface area contributed by atoms with Gasteiger partial charge in [0.25, 0.3) is 5.91 Å². The van der Waals surface area contributed by atoms with E-state index < -0.39 is 10.0 Å². The van der Waals surface area contributed by atoms with Crippen molar-refractivity contribution in [3.63, 3.8) is 0 Å². The predicted octanol–water partition coefficient (Wildman–Crippen LogP) is 1.94. The minimum absolute atomic E-state index is 0.0354. The Labute approximate surface area is 163 Å². The Morgan fingerprint density at radius 2 is 1.96 bits per heavy atom. The first-order chi connectivity index (χ1) is 13.2. The van der Waals surface area contributed by atoms with Gasteiger partial charge in [-0.2, -0.15) is 0 Å². The highest BCUT2D eigenvalue weighted by molar-refractivity contribution is 7.89. The highest BCUT2D eigenvalue weighted by atomic mass is 32.2. The minimum atomic E-state index is -3.69. The molecule has 148 valence electrons. The second-order valence-corrected chi connectivity index (χ2v) is 8.25. The summed E-state index contributed by atoms with van der Waals surface area (Å²) in [5.74, 6) is -0.0954. The normalized spacial score (nSPS) is 13.3. The summed E-state index contributed by atoms with van der Waals surface area (Å²) >= 11 is 0. The fourth-order valence-corrected chi connectivity index (χ4v) is 4.12. The largest absolute Gasteiger partial charge is 0.482 e. The van der Waals surface area contributed by atoms with Gasteiger partial charge >= 0.3 is 0 Å². The van der Waals surface area contributed by atoms with Crippen LogP contribution in [-0.4, -0.2) is 33.4 Å². The molecule has 8 nitrogen and oxygen atoms in total. The second kappa shape index (κ2) is 7.99. The molecule has 3 rings (SSSR count). The fourth-order valence-electron chi connectivity index (χ4n) is 2.86. The first-order valence-corrected chi connectivity index (χ1v) is 10.2. The zero-order valence-corrected chi connectivity index (χ0v) is 16.4. The van der Waals surface area contributed by atoms with Crippen molar-refractivity contribution in [1.29, 1.82) is 0 Å². The number of hydrogen-bond donors (Lipinski definition) is 3. The van der Waals surface area contributed by atoms with Crippen LogP contribution in [0.25, 0.3) is 0 Å². The van der Waals surface area contributed by atoms with E-state index in [9.17, 15) is 18.0 Å². The van der Waals surface area contributed by atoms with E-state index in [1.54, 1.807) is 43.3 Å². The van der Waals surface area contributed by atoms with Gasteiger partial charge in [-0.05, 0) is 43.7 Å². The van der Waals surface area contributed by atoms with Crippen LogP contribution < -0.4 is 20.1 Å². The molecular weight excluding hydrogens is 382 g/mol. The Bertz CT molecular complexity index is 1030. The van der Waals surface area contributed by atoms with Gasteiger partial charge in [0, 0.05) is 18.7 Å². The maximum Gasteiger partial charge on any atom is 0.262 e. The average Bonchev–Trinajstić information content (AvgIpc) is 2.60. The van der Waals surface area contributed by atoms with E-state index in [4.69, 9.17) is 4.74 Å². The van der Waals surface area contributed by atoms with Gasteiger partial charge in [-0.25, -0.2) is 13.1 Å². The van der Waals surface area contributed by atoms with Crippen LogP contribution in [0, 0.1) is 13.8 Å². The van der Waals surface area contributed by atoms with Crippen molar-refractivity contribution >= 4 is 33.2 Å². The number of fused-ring (bicyclic) bond motifs is 1. The molecule has 2 aromatic rings. The van der Waals surface area contributed by atoms with Crippen LogP contribution >= 0.6 is 0 Å². The van der Waals surface area contributed by atoms with Gasteiger partial charge in [0.15, 0.2) is 6.61 Å². The zero-order chi connectivity index (χ0) is 20.3. The third-order valence-corrected chi connectivity index (χ3v) is 5.78. The molecule has 2 aromatic carbocycles. The molecule has 0 bridgehead atoms. The quantitative estimate of drug-likeness (QED) is 0.682. The summed E-state index contributed by atoms with van der Waals surface area (Å²) < 4.78 is 32.5. The lowest BCUT2D eigenvalue weighted by Gasteiger charge is -2.18. The summed E-state index contributed by atoms with van der Waals surface area (Å²) in [6, 6.07) is 9.95. The number of rotatable bonds is 6. The van der Waals surface area contributed by atoms with Gasteiger partial charge < -0.3 is 15.4 Å². The Hall–Kier alpha value is -2.91. The van der Waals surface area contributed by atoms with Crippen molar-refractivity contribution in [1.82, 2.24) is 4.72 Å². The number of carbonyl (C=O) groups is 2. The van der Waals surface area contributed by atoms with Crippen LogP contribution in [0.3, 0.4) is 0 Å². The lowest BCUT2D eigenvalue weighted by atomic mass is 10.2. The van der Waals surface area contributed by atoms with Crippen LogP contribution in [0.2, 0.25) is 0 Å². The smallest absolute Gasteiger partial charge is 0.262 e. The van der Waals surface area contributed by atoms with Gasteiger partial charge in [-0.1, -0.05) is 17.7 Å². The number of aryl methyl sites for hydroxylation is 2. The van der Waals surface area contributed by atoms with Crippen LogP contribution in [-0.2, 0) is 19.6 Å². The van der Waals surface area contributed by atoms with Crippen LogP contribution in [0.5, 0.6) is 5.75 Å². The standard InChI is InChI=1S/C19H21N3O5S/c1-12-3-6-17(13(2)9-12)28(25,26)20-8-7-18(23)21-14-4-5-16-15(10-14)22-19(24)11-27-16/h3-6,9-10,20H,7-8,11H2,1-2H3,(H,21,23)(H,22,24). The average molecular weight is 403 g/mol. The molecule has 1 aliphatic rings. The molecule has 0 spiro atoms. The summed E-state index contributed by atoms with van der Waals surface area (Å²) in [5.41, 5.74) is 2.58. The van der Waals surface area contributed by atoms with Crippen molar-refractivity contribution in [2.45, 2.75) is 25.2 Å². The topological polar surface area (TPSA) is 114 Å². The van der Waals surface area contributed by atoms with Gasteiger partial charge in [-0.3, -0.25) is 9.59 Å². The van der Waals surface area contributed by atoms with Crippen LogP contribution in [0.1, 0.15) is 17.5 Å². The van der Waals surface area contributed by atoms with Crippen molar-refractivity contribution < 1.29 is 22.7 Å². The zero-order valence-electron chi connectivity index (χ0n) is 15.5. The third kappa shape index (κ3) is 4.68. The third-order valence-electron chi connectivity index (χ3n) is 4.16. The monoisotopic (exact) mass is 403 g/mol. The van der Waals surface area contributed by atoms with Gasteiger partial charge in [0.1, 0.15) is 5.75 Å². The van der Waals surface area contributed by atoms with Crippen LogP contribution in [0.4, 0.5) is 11.4 Å². The predicted molar refractivity (Wildman–Crippen MR) is 105 cm³/mol. The number of ether oxygens (including phenoxy) is 1. The minimum Gasteiger partial charge on any atom is -0.482 e. The van der Waals surface area contributed by atoms with Crippen LogP contribution in [0.15, 0.2) is 41.3 Å². The molecule has 28 heavy (non-hydrogen) atoms. The van der Waals surface area contributed by atoms with Crippen molar-refractivity contribution in [2.24, 2.45) is 0 Å². The van der Waals surface area contributed by atoms with Crippen molar-refractivity contribution in [2.75, 3.05) is 23.8 Å². The Balaban J connectivity index is 1.56. The summed E-state index contributed by atoms with van der Waals surface area (Å²) in [6.07, 6.45) is -0.0376. The summed E-state index contributed by atoms with van der Waals surface area (Å²) in [5, 5.41) is 5.33. The molecular formula is C19H21N3O5S. The van der Waals surface area contributed by atoms with E-state index in [0.29, 0.717) is 22.7 Å². The molecule has 0 unspecified atom stereocenters. The summed E-state index contributed by atoms with van der Waals surface area (Å²) in [4.78, 5) is 23.7. The second-order valence-electron chi connectivity index (χ2n) is 6.51. The van der Waals surface area contributed by atoms with E-state index in [-0.39, 0.29) is 36.3 Å². The highest BCUT2D eigenvalue weighted by Crippen LogP contribution is 2.30. The number of nitrogens with one attached hydrogen (secondary N) is 3. The maximum absolute atomic E-state index is 12.4. The fraction of sp³-hybridized carbons (Fsp3) is 0.263. The Morgan fingerprint density at radius 1 is 1.18 bits per heavy atom. The van der Waals surface area contributed by atoms with Crippen molar-refractivity contribution in [3.05, 3.63) is 47.5 Å². The van der Waals surface area contributed by atoms with E-state index >= 15 is 0 Å². The first-order valence-electron chi connectivity index (χ1n) is 8.68. The molecule has 9 heteroatoms. The summed E-state index contributed by atoms with van der Waals surface area (Å²) in [7, 11) is -3.69. The maximum atomic E-state index is 12.4. The number of benzene rings is 2. The van der Waals surface area contributed by atoms with Gasteiger partial charge in [-0.15, -0.1) is 0 Å². The molecule has 0 aromatic heterocycles. The van der Waals surface area contributed by atoms with E-state index in [1.165, 1.54) is 0 Å². The molecule has 0 saturated carbocycles. The number of hydrogen-bond acceptors (Lipinski definition) is 5. The Kier molecular flexibility index (Phi) is 5.66. The first kappa shape index (κ1) is 19.8. The SMILES string of the molecule is Cc1ccc(S(=O)(=O)NCCC(=O)Nc2ccc3c(c2)NC(=O)CO3)c(C)c1. The number of carbonyl (C=O) groups excluding carboxylic acids is 2. The molecule has 0 atom stereocenters. The number of amides is 2. The van der Waals surface area contributed by atoms with Crippen molar-refractivity contribution in [3.8, 4) is 5.75 Å². The number of anilines is 2. The molecule has 3 N–H and O–H groups in total. The molecule has 1 heterocycles. The van der Waals surface area contributed by atoms with Gasteiger partial charge in [0.2, 0.25) is 15.9 Å². The molecule has 2 amide bonds. The highest BCUT2D eigenvalue weighted by Gasteiger charge is 2.18. The molecule has 0 saturated heterocycles. The summed E-state index contributed by atoms with van der Waals surface area (Å²) in [6.45, 7) is 3.54. The molecule has 0 fully saturated rings.